The first-order valence-corrected chi connectivity index (χ1v) is 9.94. The highest BCUT2D eigenvalue weighted by Crippen LogP contribution is 2.17. The lowest BCUT2D eigenvalue weighted by molar-refractivity contribution is -0.152. The predicted octanol–water partition coefficient (Wildman–Crippen LogP) is 1.05. The molecule has 3 amide bonds. The minimum atomic E-state index is -0.532. The molecule has 8 nitrogen and oxygen atoms in total. The first-order valence-electron chi connectivity index (χ1n) is 9.94. The quantitative estimate of drug-likeness (QED) is 0.687. The molecule has 0 atom stereocenters. The number of carbonyl (C=O) groups excluding carboxylic acids is 3. The van der Waals surface area contributed by atoms with E-state index in [4.69, 9.17) is 4.42 Å². The Balaban J connectivity index is 1.27. The Hall–Kier alpha value is -3.36. The summed E-state index contributed by atoms with van der Waals surface area (Å²) >= 11 is 0. The summed E-state index contributed by atoms with van der Waals surface area (Å²) in [5.41, 5.74) is 0.896. The fourth-order valence-corrected chi connectivity index (χ4v) is 3.76. The van der Waals surface area contributed by atoms with Crippen LogP contribution in [0.15, 0.2) is 47.1 Å². The van der Waals surface area contributed by atoms with Gasteiger partial charge in [0.05, 0.1) is 6.26 Å². The van der Waals surface area contributed by atoms with Crippen molar-refractivity contribution in [2.75, 3.05) is 57.3 Å². The van der Waals surface area contributed by atoms with E-state index in [1.54, 1.807) is 34.1 Å². The van der Waals surface area contributed by atoms with Gasteiger partial charge in [0.15, 0.2) is 5.76 Å². The van der Waals surface area contributed by atoms with Crippen LogP contribution in [0.25, 0.3) is 0 Å². The maximum Gasteiger partial charge on any atom is 0.312 e. The second-order valence-corrected chi connectivity index (χ2v) is 7.32. The molecule has 2 aromatic rings. The summed E-state index contributed by atoms with van der Waals surface area (Å²) in [6, 6.07) is 9.50. The molecule has 9 heteroatoms. The smallest absolute Gasteiger partial charge is 0.312 e. The number of amides is 3. The van der Waals surface area contributed by atoms with Crippen molar-refractivity contribution in [2.45, 2.75) is 0 Å². The van der Waals surface area contributed by atoms with Crippen molar-refractivity contribution >= 4 is 23.4 Å². The average molecular weight is 414 g/mol. The molecule has 2 fully saturated rings. The lowest BCUT2D eigenvalue weighted by atomic mass is 10.2. The number of piperazine rings is 2. The minimum Gasteiger partial charge on any atom is -0.459 e. The van der Waals surface area contributed by atoms with Crippen LogP contribution in [0.4, 0.5) is 10.1 Å². The van der Waals surface area contributed by atoms with Gasteiger partial charge in [-0.15, -0.1) is 0 Å². The van der Waals surface area contributed by atoms with Crippen molar-refractivity contribution in [2.24, 2.45) is 0 Å². The van der Waals surface area contributed by atoms with Crippen molar-refractivity contribution < 1.29 is 23.2 Å². The van der Waals surface area contributed by atoms with Crippen LogP contribution in [0.3, 0.4) is 0 Å². The Morgan fingerprint density at radius 2 is 1.27 bits per heavy atom. The highest BCUT2D eigenvalue weighted by atomic mass is 19.1. The molecule has 30 heavy (non-hydrogen) atoms. The molecule has 4 rings (SSSR count). The number of hydrogen-bond acceptors (Lipinski definition) is 5. The Labute approximate surface area is 173 Å². The number of carbonyl (C=O) groups is 3. The second-order valence-electron chi connectivity index (χ2n) is 7.32. The zero-order valence-electron chi connectivity index (χ0n) is 16.5. The third-order valence-electron chi connectivity index (χ3n) is 5.53. The van der Waals surface area contributed by atoms with Crippen molar-refractivity contribution in [3.63, 3.8) is 0 Å². The molecule has 0 saturated carbocycles. The van der Waals surface area contributed by atoms with Gasteiger partial charge in [-0.25, -0.2) is 4.39 Å². The van der Waals surface area contributed by atoms with Gasteiger partial charge in [0, 0.05) is 58.0 Å². The van der Waals surface area contributed by atoms with Crippen LogP contribution in [0.1, 0.15) is 10.6 Å². The zero-order valence-corrected chi connectivity index (χ0v) is 16.5. The number of halogens is 1. The monoisotopic (exact) mass is 414 g/mol. The molecule has 1 aromatic heterocycles. The van der Waals surface area contributed by atoms with Crippen molar-refractivity contribution in [1.29, 1.82) is 0 Å². The largest absolute Gasteiger partial charge is 0.459 e. The molecule has 158 valence electrons. The number of hydrogen-bond donors (Lipinski definition) is 0. The van der Waals surface area contributed by atoms with E-state index < -0.39 is 11.8 Å². The number of furan rings is 1. The van der Waals surface area contributed by atoms with Gasteiger partial charge in [0.2, 0.25) is 0 Å². The van der Waals surface area contributed by atoms with E-state index in [2.05, 4.69) is 4.90 Å². The van der Waals surface area contributed by atoms with E-state index in [9.17, 15) is 18.8 Å². The standard InChI is InChI=1S/C21H23FN4O4/c22-16-3-5-17(6-4-16)23-7-9-25(10-8-23)20(28)21(29)26-13-11-24(12-14-26)19(27)18-2-1-15-30-18/h1-6,15H,7-14H2. The zero-order chi connectivity index (χ0) is 21.1. The van der Waals surface area contributed by atoms with Gasteiger partial charge in [-0.3, -0.25) is 14.4 Å². The van der Waals surface area contributed by atoms with Gasteiger partial charge in [0.1, 0.15) is 5.82 Å². The van der Waals surface area contributed by atoms with Gasteiger partial charge in [-0.05, 0) is 36.4 Å². The SMILES string of the molecule is O=C(C(=O)N1CCN(c2ccc(F)cc2)CC1)N1CCN(C(=O)c2ccco2)CC1. The Morgan fingerprint density at radius 3 is 1.80 bits per heavy atom. The molecule has 0 N–H and O–H groups in total. The van der Waals surface area contributed by atoms with Crippen LogP contribution in [-0.4, -0.2) is 84.8 Å². The van der Waals surface area contributed by atoms with Gasteiger partial charge in [-0.2, -0.15) is 0 Å². The summed E-state index contributed by atoms with van der Waals surface area (Å²) in [6.07, 6.45) is 1.45. The molecule has 0 bridgehead atoms. The Bertz CT molecular complexity index is 900. The first kappa shape index (κ1) is 19.9. The maximum atomic E-state index is 13.1. The molecular formula is C21H23FN4O4. The molecule has 0 unspecified atom stereocenters. The summed E-state index contributed by atoms with van der Waals surface area (Å²) in [4.78, 5) is 44.4. The van der Waals surface area contributed by atoms with Gasteiger partial charge < -0.3 is 24.0 Å². The molecule has 0 aliphatic carbocycles. The van der Waals surface area contributed by atoms with Crippen molar-refractivity contribution in [1.82, 2.24) is 14.7 Å². The molecule has 3 heterocycles. The van der Waals surface area contributed by atoms with E-state index in [1.807, 2.05) is 0 Å². The van der Waals surface area contributed by atoms with E-state index in [0.29, 0.717) is 52.4 Å². The molecule has 2 saturated heterocycles. The van der Waals surface area contributed by atoms with E-state index in [0.717, 1.165) is 5.69 Å². The highest BCUT2D eigenvalue weighted by Gasteiger charge is 2.32. The summed E-state index contributed by atoms with van der Waals surface area (Å²) in [6.45, 7) is 3.36. The van der Waals surface area contributed by atoms with Crippen LogP contribution in [-0.2, 0) is 9.59 Å². The number of rotatable bonds is 2. The summed E-state index contributed by atoms with van der Waals surface area (Å²) < 4.78 is 18.2. The van der Waals surface area contributed by atoms with Crippen molar-refractivity contribution in [3.05, 3.63) is 54.2 Å². The highest BCUT2D eigenvalue weighted by molar-refractivity contribution is 6.35. The van der Waals surface area contributed by atoms with Gasteiger partial charge >= 0.3 is 11.8 Å². The van der Waals surface area contributed by atoms with Gasteiger partial charge in [-0.1, -0.05) is 0 Å². The molecule has 1 aromatic carbocycles. The summed E-state index contributed by atoms with van der Waals surface area (Å²) in [5.74, 6) is -1.28. The average Bonchev–Trinajstić information content (AvgIpc) is 3.33. The van der Waals surface area contributed by atoms with Crippen LogP contribution in [0.2, 0.25) is 0 Å². The first-order chi connectivity index (χ1) is 14.5. The third kappa shape index (κ3) is 4.14. The predicted molar refractivity (Wildman–Crippen MR) is 106 cm³/mol. The maximum absolute atomic E-state index is 13.1. The fraction of sp³-hybridized carbons (Fsp3) is 0.381. The third-order valence-corrected chi connectivity index (χ3v) is 5.53. The molecule has 0 spiro atoms. The number of benzene rings is 1. The lowest BCUT2D eigenvalue weighted by Crippen LogP contribution is -2.57. The molecule has 2 aliphatic rings. The van der Waals surface area contributed by atoms with Gasteiger partial charge in [0.25, 0.3) is 5.91 Å². The van der Waals surface area contributed by atoms with E-state index >= 15 is 0 Å². The number of anilines is 1. The second kappa shape index (κ2) is 8.56. The summed E-state index contributed by atoms with van der Waals surface area (Å²) in [5, 5.41) is 0. The number of nitrogens with zero attached hydrogens (tertiary/aromatic N) is 4. The minimum absolute atomic E-state index is 0.213. The van der Waals surface area contributed by atoms with Crippen LogP contribution in [0, 0.1) is 5.82 Å². The van der Waals surface area contributed by atoms with E-state index in [1.165, 1.54) is 23.3 Å². The van der Waals surface area contributed by atoms with Crippen molar-refractivity contribution in [3.8, 4) is 0 Å². The fourth-order valence-electron chi connectivity index (χ4n) is 3.76. The molecule has 2 aliphatic heterocycles. The topological polar surface area (TPSA) is 77.3 Å². The normalized spacial score (nSPS) is 17.2. The lowest BCUT2D eigenvalue weighted by Gasteiger charge is -2.38. The summed E-state index contributed by atoms with van der Waals surface area (Å²) in [7, 11) is 0. The van der Waals surface area contributed by atoms with E-state index in [-0.39, 0.29) is 17.5 Å². The van der Waals surface area contributed by atoms with Crippen LogP contribution in [0.5, 0.6) is 0 Å². The van der Waals surface area contributed by atoms with Crippen LogP contribution >= 0.6 is 0 Å². The molecular weight excluding hydrogens is 391 g/mol. The molecule has 0 radical (unpaired) electrons. The Kier molecular flexibility index (Phi) is 5.69. The Morgan fingerprint density at radius 1 is 0.733 bits per heavy atom. The van der Waals surface area contributed by atoms with Crippen LogP contribution < -0.4 is 4.90 Å².